The highest BCUT2D eigenvalue weighted by atomic mass is 79.9. The molecule has 2 aromatic rings. The summed E-state index contributed by atoms with van der Waals surface area (Å²) in [6.07, 6.45) is -0.00335. The summed E-state index contributed by atoms with van der Waals surface area (Å²) in [6, 6.07) is 14.0. The van der Waals surface area contributed by atoms with E-state index in [-0.39, 0.29) is 11.3 Å². The standard InChI is InChI=1S/C27H31BrN2O6S/c1-2-3-25(29-14-16-35-17-15-29)36-23-8-10-24(11-9-23)37(33,34)26-18-21(27(31)32)12-13-30(26)19-20-4-6-22(28)7-5-20/h4-11,21,25-26H,12-19H2,1H3,(H,31,32). The number of carboxylic acids is 1. The Hall–Kier alpha value is -2.42. The summed E-state index contributed by atoms with van der Waals surface area (Å²) in [5, 5.41) is 8.67. The third-order valence-corrected chi connectivity index (χ3v) is 9.37. The van der Waals surface area contributed by atoms with Gasteiger partial charge in [-0.05, 0) is 67.6 Å². The number of likely N-dealkylation sites (tertiary alicyclic amines) is 1. The first kappa shape index (κ1) is 27.6. The number of carbonyl (C=O) groups is 1. The summed E-state index contributed by atoms with van der Waals surface area (Å²) in [5.41, 5.74) is 0.965. The van der Waals surface area contributed by atoms with Gasteiger partial charge in [0, 0.05) is 30.7 Å². The molecule has 198 valence electrons. The number of sulfone groups is 1. The highest BCUT2D eigenvalue weighted by Crippen LogP contribution is 2.32. The van der Waals surface area contributed by atoms with Crippen LogP contribution in [-0.2, 0) is 25.9 Å². The summed E-state index contributed by atoms with van der Waals surface area (Å²) >= 11 is 3.42. The van der Waals surface area contributed by atoms with Crippen LogP contribution in [0.2, 0.25) is 0 Å². The Morgan fingerprint density at radius 1 is 1.14 bits per heavy atom. The van der Waals surface area contributed by atoms with Gasteiger partial charge in [-0.1, -0.05) is 28.1 Å². The van der Waals surface area contributed by atoms with E-state index < -0.39 is 33.3 Å². The maximum atomic E-state index is 13.8. The van der Waals surface area contributed by atoms with Crippen LogP contribution in [0.4, 0.5) is 0 Å². The van der Waals surface area contributed by atoms with Gasteiger partial charge >= 0.3 is 5.97 Å². The Morgan fingerprint density at radius 2 is 1.81 bits per heavy atom. The van der Waals surface area contributed by atoms with Gasteiger partial charge in [-0.3, -0.25) is 14.6 Å². The maximum Gasteiger partial charge on any atom is 0.306 e. The van der Waals surface area contributed by atoms with Gasteiger partial charge < -0.3 is 14.6 Å². The monoisotopic (exact) mass is 590 g/mol. The van der Waals surface area contributed by atoms with Gasteiger partial charge in [0.2, 0.25) is 6.23 Å². The van der Waals surface area contributed by atoms with Crippen LogP contribution in [-0.4, -0.2) is 73.7 Å². The lowest BCUT2D eigenvalue weighted by Crippen LogP contribution is -2.48. The van der Waals surface area contributed by atoms with E-state index in [4.69, 9.17) is 9.47 Å². The van der Waals surface area contributed by atoms with Crippen LogP contribution in [0.5, 0.6) is 5.75 Å². The highest BCUT2D eigenvalue weighted by molar-refractivity contribution is 9.10. The number of piperidine rings is 1. The first-order chi connectivity index (χ1) is 17.8. The molecule has 37 heavy (non-hydrogen) atoms. The highest BCUT2D eigenvalue weighted by Gasteiger charge is 2.40. The van der Waals surface area contributed by atoms with E-state index in [0.717, 1.165) is 10.0 Å². The predicted molar refractivity (Wildman–Crippen MR) is 143 cm³/mol. The Balaban J connectivity index is 1.54. The van der Waals surface area contributed by atoms with Crippen LogP contribution < -0.4 is 4.74 Å². The molecule has 0 aliphatic carbocycles. The predicted octanol–water partition coefficient (Wildman–Crippen LogP) is 3.61. The van der Waals surface area contributed by atoms with Crippen molar-refractivity contribution in [2.24, 2.45) is 5.92 Å². The third-order valence-electron chi connectivity index (χ3n) is 6.71. The normalized spacial score (nSPS) is 22.0. The number of aliphatic carboxylic acids is 1. The molecule has 2 aliphatic heterocycles. The minimum Gasteiger partial charge on any atom is -0.481 e. The molecular formula is C27H31BrN2O6S. The number of hydrogen-bond acceptors (Lipinski definition) is 7. The molecule has 2 aliphatic rings. The molecule has 0 radical (unpaired) electrons. The van der Waals surface area contributed by atoms with Gasteiger partial charge in [0.1, 0.15) is 11.1 Å². The first-order valence-electron chi connectivity index (χ1n) is 12.2. The summed E-state index contributed by atoms with van der Waals surface area (Å²) in [6.45, 7) is 5.17. The molecule has 2 heterocycles. The third kappa shape index (κ3) is 6.92. The summed E-state index contributed by atoms with van der Waals surface area (Å²) in [4.78, 5) is 15.8. The van der Waals surface area contributed by atoms with Crippen molar-refractivity contribution in [2.75, 3.05) is 32.8 Å². The molecule has 0 bridgehead atoms. The average molecular weight is 592 g/mol. The maximum absolute atomic E-state index is 13.8. The van der Waals surface area contributed by atoms with Crippen molar-refractivity contribution in [1.82, 2.24) is 9.80 Å². The van der Waals surface area contributed by atoms with Crippen molar-refractivity contribution in [3.63, 3.8) is 0 Å². The fraction of sp³-hybridized carbons (Fsp3) is 0.444. The number of nitrogens with zero attached hydrogens (tertiary/aromatic N) is 2. The molecule has 0 amide bonds. The molecule has 3 unspecified atom stereocenters. The zero-order valence-corrected chi connectivity index (χ0v) is 23.1. The Morgan fingerprint density at radius 3 is 2.43 bits per heavy atom. The fourth-order valence-electron chi connectivity index (χ4n) is 4.65. The number of benzene rings is 2. The molecule has 0 spiro atoms. The van der Waals surface area contributed by atoms with E-state index in [2.05, 4.69) is 32.7 Å². The molecule has 0 saturated carbocycles. The van der Waals surface area contributed by atoms with Gasteiger partial charge in [-0.2, -0.15) is 0 Å². The lowest BCUT2D eigenvalue weighted by atomic mass is 9.96. The van der Waals surface area contributed by atoms with E-state index in [1.54, 1.807) is 19.1 Å². The number of carboxylic acid groups (broad SMARTS) is 1. The smallest absolute Gasteiger partial charge is 0.306 e. The van der Waals surface area contributed by atoms with E-state index >= 15 is 0 Å². The van der Waals surface area contributed by atoms with Gasteiger partial charge in [0.05, 0.1) is 24.0 Å². The zero-order chi connectivity index (χ0) is 26.4. The Labute approximate surface area is 226 Å². The largest absolute Gasteiger partial charge is 0.481 e. The molecule has 10 heteroatoms. The quantitative estimate of drug-likeness (QED) is 0.466. The van der Waals surface area contributed by atoms with Crippen LogP contribution >= 0.6 is 15.9 Å². The second-order valence-electron chi connectivity index (χ2n) is 9.14. The number of morpholine rings is 1. The van der Waals surface area contributed by atoms with E-state index in [9.17, 15) is 18.3 Å². The topological polar surface area (TPSA) is 96.4 Å². The molecule has 8 nitrogen and oxygen atoms in total. The number of rotatable bonds is 8. The number of ether oxygens (including phenoxy) is 2. The van der Waals surface area contributed by atoms with E-state index in [1.165, 1.54) is 12.1 Å². The summed E-state index contributed by atoms with van der Waals surface area (Å²) < 4.78 is 40.0. The second-order valence-corrected chi connectivity index (χ2v) is 12.2. The van der Waals surface area contributed by atoms with Crippen LogP contribution in [0.1, 0.15) is 25.3 Å². The van der Waals surface area contributed by atoms with Crippen molar-refractivity contribution in [1.29, 1.82) is 0 Å². The Kier molecular flexibility index (Phi) is 9.27. The SMILES string of the molecule is CC#CC(Oc1ccc(S(=O)(=O)C2CC(C(=O)O)CCN2Cc2ccc(Br)cc2)cc1)N1CCOCC1. The Bertz CT molecular complexity index is 1230. The minimum absolute atomic E-state index is 0.0393. The van der Waals surface area contributed by atoms with Crippen LogP contribution in [0.25, 0.3) is 0 Å². The number of hydrogen-bond donors (Lipinski definition) is 1. The zero-order valence-electron chi connectivity index (χ0n) is 20.7. The van der Waals surface area contributed by atoms with Gasteiger partial charge in [0.15, 0.2) is 9.84 Å². The lowest BCUT2D eigenvalue weighted by molar-refractivity contribution is -0.143. The average Bonchev–Trinajstić information content (AvgIpc) is 2.90. The fourth-order valence-corrected chi connectivity index (χ4v) is 6.81. The minimum atomic E-state index is -3.84. The summed E-state index contributed by atoms with van der Waals surface area (Å²) in [5.74, 6) is 4.80. The molecular weight excluding hydrogens is 560 g/mol. The van der Waals surface area contributed by atoms with Crippen LogP contribution in [0.15, 0.2) is 57.9 Å². The van der Waals surface area contributed by atoms with Crippen molar-refractivity contribution >= 4 is 31.7 Å². The number of halogens is 1. The molecule has 2 fully saturated rings. The molecule has 2 saturated heterocycles. The van der Waals surface area contributed by atoms with Crippen molar-refractivity contribution in [3.05, 3.63) is 58.6 Å². The first-order valence-corrected chi connectivity index (χ1v) is 14.6. The second kappa shape index (κ2) is 12.4. The molecule has 1 N–H and O–H groups in total. The molecule has 4 rings (SSSR count). The van der Waals surface area contributed by atoms with Crippen molar-refractivity contribution < 1.29 is 27.8 Å². The molecule has 0 aromatic heterocycles. The van der Waals surface area contributed by atoms with Crippen LogP contribution in [0, 0.1) is 17.8 Å². The lowest BCUT2D eigenvalue weighted by Gasteiger charge is -2.37. The van der Waals surface area contributed by atoms with Gasteiger partial charge in [0.25, 0.3) is 0 Å². The van der Waals surface area contributed by atoms with Gasteiger partial charge in [-0.25, -0.2) is 8.42 Å². The van der Waals surface area contributed by atoms with Crippen molar-refractivity contribution in [2.45, 2.75) is 42.8 Å². The summed E-state index contributed by atoms with van der Waals surface area (Å²) in [7, 11) is -3.84. The van der Waals surface area contributed by atoms with Gasteiger partial charge in [-0.15, -0.1) is 5.92 Å². The van der Waals surface area contributed by atoms with E-state index in [0.29, 0.717) is 51.6 Å². The van der Waals surface area contributed by atoms with Crippen LogP contribution in [0.3, 0.4) is 0 Å². The molecule has 2 aromatic carbocycles. The van der Waals surface area contributed by atoms with E-state index in [1.807, 2.05) is 29.2 Å². The van der Waals surface area contributed by atoms with Crippen molar-refractivity contribution in [3.8, 4) is 17.6 Å². The molecule has 3 atom stereocenters.